The zero-order valence-corrected chi connectivity index (χ0v) is 20.2. The third-order valence-electron chi connectivity index (χ3n) is 4.99. The average Bonchev–Trinajstić information content (AvgIpc) is 2.74. The van der Waals surface area contributed by atoms with Gasteiger partial charge >= 0.3 is 11.9 Å². The SMILES string of the molecule is O=C1CCCCCCCCCCC(=NOC(=O)COc2ccc(Br)cc2Cl)CCCO1. The molecular weight excluding hydrogens is 486 g/mol. The number of cyclic esters (lactones) is 1. The van der Waals surface area contributed by atoms with E-state index in [1.807, 2.05) is 0 Å². The highest BCUT2D eigenvalue weighted by molar-refractivity contribution is 9.10. The van der Waals surface area contributed by atoms with Crippen LogP contribution in [0, 0.1) is 0 Å². The summed E-state index contributed by atoms with van der Waals surface area (Å²) in [6, 6.07) is 5.14. The molecule has 172 valence electrons. The van der Waals surface area contributed by atoms with Crippen molar-refractivity contribution in [1.29, 1.82) is 0 Å². The summed E-state index contributed by atoms with van der Waals surface area (Å²) in [5, 5.41) is 4.46. The molecular formula is C23H31BrClNO5. The van der Waals surface area contributed by atoms with E-state index in [-0.39, 0.29) is 12.6 Å². The summed E-state index contributed by atoms with van der Waals surface area (Å²) in [6.07, 6.45) is 11.4. The highest BCUT2D eigenvalue weighted by Crippen LogP contribution is 2.27. The van der Waals surface area contributed by atoms with E-state index in [4.69, 9.17) is 25.9 Å². The van der Waals surface area contributed by atoms with E-state index in [9.17, 15) is 9.59 Å². The lowest BCUT2D eigenvalue weighted by Gasteiger charge is -2.09. The Morgan fingerprint density at radius 3 is 2.35 bits per heavy atom. The summed E-state index contributed by atoms with van der Waals surface area (Å²) in [5.41, 5.74) is 0.804. The summed E-state index contributed by atoms with van der Waals surface area (Å²) in [7, 11) is 0. The third kappa shape index (κ3) is 11.5. The highest BCUT2D eigenvalue weighted by Gasteiger charge is 2.10. The van der Waals surface area contributed by atoms with Crippen LogP contribution in [0.5, 0.6) is 5.75 Å². The smallest absolute Gasteiger partial charge is 0.372 e. The van der Waals surface area contributed by atoms with Crippen LogP contribution < -0.4 is 4.74 Å². The van der Waals surface area contributed by atoms with E-state index in [2.05, 4.69) is 21.1 Å². The first kappa shape index (κ1) is 25.7. The molecule has 1 aliphatic heterocycles. The van der Waals surface area contributed by atoms with Crippen LogP contribution in [-0.4, -0.2) is 30.9 Å². The maximum Gasteiger partial charge on any atom is 0.372 e. The lowest BCUT2D eigenvalue weighted by atomic mass is 10.0. The fourth-order valence-corrected chi connectivity index (χ4v) is 4.01. The molecule has 0 bridgehead atoms. The van der Waals surface area contributed by atoms with Crippen molar-refractivity contribution in [2.24, 2.45) is 5.16 Å². The van der Waals surface area contributed by atoms with Gasteiger partial charge in [-0.1, -0.05) is 71.2 Å². The molecule has 0 N–H and O–H groups in total. The second kappa shape index (κ2) is 15.2. The quantitative estimate of drug-likeness (QED) is 0.255. The second-order valence-corrected chi connectivity index (χ2v) is 8.96. The van der Waals surface area contributed by atoms with E-state index in [0.29, 0.717) is 36.6 Å². The van der Waals surface area contributed by atoms with Gasteiger partial charge in [-0.3, -0.25) is 4.79 Å². The predicted octanol–water partition coefficient (Wildman–Crippen LogP) is 6.62. The lowest BCUT2D eigenvalue weighted by Crippen LogP contribution is -2.14. The molecule has 1 fully saturated rings. The van der Waals surface area contributed by atoms with Crippen LogP contribution in [-0.2, 0) is 19.2 Å². The molecule has 1 heterocycles. The zero-order chi connectivity index (χ0) is 22.3. The van der Waals surface area contributed by atoms with Crippen molar-refractivity contribution in [3.05, 3.63) is 27.7 Å². The van der Waals surface area contributed by atoms with Gasteiger partial charge in [0.15, 0.2) is 6.61 Å². The first-order valence-corrected chi connectivity index (χ1v) is 12.2. The Hall–Kier alpha value is -1.60. The van der Waals surface area contributed by atoms with Gasteiger partial charge in [-0.25, -0.2) is 4.79 Å². The Kier molecular flexibility index (Phi) is 12.6. The van der Waals surface area contributed by atoms with E-state index in [0.717, 1.165) is 42.3 Å². The van der Waals surface area contributed by atoms with Crippen molar-refractivity contribution in [3.63, 3.8) is 0 Å². The fraction of sp³-hybridized carbons (Fsp3) is 0.609. The summed E-state index contributed by atoms with van der Waals surface area (Å²) in [6.45, 7) is 0.0761. The number of hydrogen-bond donors (Lipinski definition) is 0. The van der Waals surface area contributed by atoms with Crippen LogP contribution in [0.4, 0.5) is 0 Å². The molecule has 1 aromatic rings. The molecule has 0 atom stereocenters. The highest BCUT2D eigenvalue weighted by atomic mass is 79.9. The molecule has 1 saturated heterocycles. The van der Waals surface area contributed by atoms with Gasteiger partial charge in [-0.05, 0) is 50.3 Å². The number of halogens is 2. The molecule has 2 rings (SSSR count). The molecule has 0 spiro atoms. The van der Waals surface area contributed by atoms with Crippen molar-refractivity contribution < 1.29 is 23.9 Å². The summed E-state index contributed by atoms with van der Waals surface area (Å²) in [4.78, 5) is 28.8. The molecule has 0 unspecified atom stereocenters. The monoisotopic (exact) mass is 515 g/mol. The Morgan fingerprint density at radius 1 is 1.00 bits per heavy atom. The minimum absolute atomic E-state index is 0.138. The Bertz CT molecular complexity index is 741. The molecule has 0 radical (unpaired) electrons. The van der Waals surface area contributed by atoms with E-state index < -0.39 is 5.97 Å². The maximum atomic E-state index is 12.0. The van der Waals surface area contributed by atoms with Gasteiger partial charge in [-0.2, -0.15) is 0 Å². The molecule has 0 aromatic heterocycles. The normalized spacial score (nSPS) is 18.9. The third-order valence-corrected chi connectivity index (χ3v) is 5.77. The number of hydrogen-bond acceptors (Lipinski definition) is 6. The van der Waals surface area contributed by atoms with E-state index in [1.54, 1.807) is 18.2 Å². The number of carbonyl (C=O) groups excluding carboxylic acids is 2. The van der Waals surface area contributed by atoms with Gasteiger partial charge in [0.05, 0.1) is 17.3 Å². The number of benzene rings is 1. The topological polar surface area (TPSA) is 74.2 Å². The van der Waals surface area contributed by atoms with Crippen LogP contribution in [0.1, 0.15) is 77.0 Å². The lowest BCUT2D eigenvalue weighted by molar-refractivity contribution is -0.146. The van der Waals surface area contributed by atoms with Crippen LogP contribution in [0.25, 0.3) is 0 Å². The Balaban J connectivity index is 1.82. The molecule has 1 aromatic carbocycles. The second-order valence-electron chi connectivity index (χ2n) is 7.64. The van der Waals surface area contributed by atoms with Crippen molar-refractivity contribution in [2.75, 3.05) is 13.2 Å². The number of esters is 1. The number of ether oxygens (including phenoxy) is 2. The van der Waals surface area contributed by atoms with Gasteiger partial charge in [0.2, 0.25) is 0 Å². The number of carbonyl (C=O) groups is 2. The van der Waals surface area contributed by atoms with Crippen molar-refractivity contribution >= 4 is 45.2 Å². The number of rotatable bonds is 4. The van der Waals surface area contributed by atoms with Crippen LogP contribution in [0.2, 0.25) is 5.02 Å². The zero-order valence-electron chi connectivity index (χ0n) is 17.9. The van der Waals surface area contributed by atoms with Gasteiger partial charge in [0, 0.05) is 10.9 Å². The van der Waals surface area contributed by atoms with Gasteiger partial charge in [-0.15, -0.1) is 0 Å². The minimum atomic E-state index is -0.593. The van der Waals surface area contributed by atoms with Crippen LogP contribution >= 0.6 is 27.5 Å². The van der Waals surface area contributed by atoms with Crippen molar-refractivity contribution in [2.45, 2.75) is 77.0 Å². The van der Waals surface area contributed by atoms with E-state index >= 15 is 0 Å². The first-order valence-electron chi connectivity index (χ1n) is 11.0. The average molecular weight is 517 g/mol. The minimum Gasteiger partial charge on any atom is -0.480 e. The first-order chi connectivity index (χ1) is 15.0. The fourth-order valence-electron chi connectivity index (χ4n) is 3.28. The molecule has 1 aliphatic rings. The van der Waals surface area contributed by atoms with Crippen molar-refractivity contribution in [1.82, 2.24) is 0 Å². The number of oxime groups is 1. The molecule has 0 aliphatic carbocycles. The molecule has 6 nitrogen and oxygen atoms in total. The molecule has 31 heavy (non-hydrogen) atoms. The Labute approximate surface area is 197 Å². The Morgan fingerprint density at radius 2 is 1.65 bits per heavy atom. The van der Waals surface area contributed by atoms with Crippen LogP contribution in [0.3, 0.4) is 0 Å². The van der Waals surface area contributed by atoms with E-state index in [1.165, 1.54) is 25.7 Å². The standard InChI is InChI=1S/C23H31BrClNO5/c24-18-13-14-21(20(25)16-18)30-17-23(28)31-26-19-10-7-5-3-1-2-4-6-8-12-22(27)29-15-9-11-19/h13-14,16H,1-12,15,17H2. The van der Waals surface area contributed by atoms with Gasteiger partial charge in [0.25, 0.3) is 0 Å². The summed E-state index contributed by atoms with van der Waals surface area (Å²) < 4.78 is 11.5. The van der Waals surface area contributed by atoms with Crippen molar-refractivity contribution in [3.8, 4) is 5.75 Å². The summed E-state index contributed by atoms with van der Waals surface area (Å²) in [5.74, 6) is -0.327. The molecule has 0 saturated carbocycles. The van der Waals surface area contributed by atoms with Gasteiger partial charge in [0.1, 0.15) is 5.75 Å². The predicted molar refractivity (Wildman–Crippen MR) is 125 cm³/mol. The maximum absolute atomic E-state index is 12.0. The molecule has 0 amide bonds. The molecule has 8 heteroatoms. The largest absolute Gasteiger partial charge is 0.480 e. The van der Waals surface area contributed by atoms with Crippen LogP contribution in [0.15, 0.2) is 27.8 Å². The summed E-state index contributed by atoms with van der Waals surface area (Å²) >= 11 is 9.40. The number of nitrogens with zero attached hydrogens (tertiary/aromatic N) is 1. The van der Waals surface area contributed by atoms with Gasteiger partial charge < -0.3 is 14.3 Å².